The van der Waals surface area contributed by atoms with Crippen molar-refractivity contribution in [1.82, 2.24) is 5.32 Å². The number of carbonyl (C=O) groups is 1. The first-order valence-electron chi connectivity index (χ1n) is 9.08. The maximum atomic E-state index is 12.3. The number of fused-ring (bicyclic) bond motifs is 1. The van der Waals surface area contributed by atoms with Crippen molar-refractivity contribution in [2.24, 2.45) is 0 Å². The molecule has 1 N–H and O–H groups in total. The Bertz CT molecular complexity index is 1080. The van der Waals surface area contributed by atoms with E-state index in [4.69, 9.17) is 4.74 Å². The molecule has 3 aromatic carbocycles. The van der Waals surface area contributed by atoms with Crippen LogP contribution in [0.4, 0.5) is 0 Å². The van der Waals surface area contributed by atoms with E-state index >= 15 is 0 Å². The van der Waals surface area contributed by atoms with Crippen molar-refractivity contribution >= 4 is 26.5 Å². The summed E-state index contributed by atoms with van der Waals surface area (Å²) in [4.78, 5) is 12.6. The molecular formula is C22H23NO4S. The van der Waals surface area contributed by atoms with E-state index in [1.807, 2.05) is 49.4 Å². The Morgan fingerprint density at radius 1 is 1.00 bits per heavy atom. The molecule has 1 atom stereocenters. The van der Waals surface area contributed by atoms with E-state index in [1.165, 1.54) is 6.26 Å². The van der Waals surface area contributed by atoms with Crippen LogP contribution in [0.3, 0.4) is 0 Å². The Balaban J connectivity index is 1.61. The summed E-state index contributed by atoms with van der Waals surface area (Å²) < 4.78 is 28.8. The van der Waals surface area contributed by atoms with Gasteiger partial charge in [0.05, 0.1) is 10.9 Å². The normalized spacial score (nSPS) is 12.5. The highest BCUT2D eigenvalue weighted by atomic mass is 32.2. The molecule has 0 spiro atoms. The van der Waals surface area contributed by atoms with Gasteiger partial charge in [-0.15, -0.1) is 0 Å². The summed E-state index contributed by atoms with van der Waals surface area (Å²) in [6, 6.07) is 20.0. The van der Waals surface area contributed by atoms with E-state index in [1.54, 1.807) is 24.3 Å². The van der Waals surface area contributed by atoms with Gasteiger partial charge < -0.3 is 10.1 Å². The Kier molecular flexibility index (Phi) is 5.99. The molecule has 0 aliphatic heterocycles. The number of ether oxygens (including phenoxy) is 1. The van der Waals surface area contributed by atoms with Crippen LogP contribution in [-0.4, -0.2) is 27.2 Å². The highest BCUT2D eigenvalue weighted by Gasteiger charge is 2.15. The first-order valence-corrected chi connectivity index (χ1v) is 11.0. The molecule has 0 aromatic heterocycles. The quantitative estimate of drug-likeness (QED) is 0.656. The van der Waals surface area contributed by atoms with Crippen LogP contribution in [-0.2, 0) is 14.6 Å². The highest BCUT2D eigenvalue weighted by Crippen LogP contribution is 2.21. The molecule has 0 unspecified atom stereocenters. The van der Waals surface area contributed by atoms with Gasteiger partial charge in [-0.1, -0.05) is 49.4 Å². The lowest BCUT2D eigenvalue weighted by molar-refractivity contribution is -0.123. The van der Waals surface area contributed by atoms with E-state index in [9.17, 15) is 13.2 Å². The van der Waals surface area contributed by atoms with Gasteiger partial charge in [-0.3, -0.25) is 4.79 Å². The molecule has 0 bridgehead atoms. The van der Waals surface area contributed by atoms with Crippen molar-refractivity contribution < 1.29 is 17.9 Å². The lowest BCUT2D eigenvalue weighted by Crippen LogP contribution is -2.32. The maximum Gasteiger partial charge on any atom is 0.258 e. The van der Waals surface area contributed by atoms with Gasteiger partial charge in [0.25, 0.3) is 5.91 Å². The Hall–Kier alpha value is -2.86. The van der Waals surface area contributed by atoms with Crippen LogP contribution in [0.15, 0.2) is 71.6 Å². The zero-order valence-electron chi connectivity index (χ0n) is 15.9. The fraction of sp³-hybridized carbons (Fsp3) is 0.227. The molecule has 0 saturated heterocycles. The van der Waals surface area contributed by atoms with Crippen LogP contribution < -0.4 is 10.1 Å². The predicted octanol–water partition coefficient (Wildman–Crippen LogP) is 3.89. The molecule has 3 rings (SSSR count). The van der Waals surface area contributed by atoms with Gasteiger partial charge in [-0.05, 0) is 47.0 Å². The molecule has 28 heavy (non-hydrogen) atoms. The SMILES string of the molecule is CC[C@H](NC(=O)COc1ccc2ccccc2c1)c1ccc(S(C)(=O)=O)cc1. The summed E-state index contributed by atoms with van der Waals surface area (Å²) in [5.74, 6) is 0.409. The minimum Gasteiger partial charge on any atom is -0.484 e. The minimum absolute atomic E-state index is 0.0870. The highest BCUT2D eigenvalue weighted by molar-refractivity contribution is 7.90. The second kappa shape index (κ2) is 8.44. The molecule has 0 aliphatic rings. The lowest BCUT2D eigenvalue weighted by atomic mass is 10.0. The predicted molar refractivity (Wildman–Crippen MR) is 110 cm³/mol. The Morgan fingerprint density at radius 2 is 1.68 bits per heavy atom. The molecule has 146 valence electrons. The third-order valence-corrected chi connectivity index (χ3v) is 5.67. The fourth-order valence-electron chi connectivity index (χ4n) is 3.01. The van der Waals surface area contributed by atoms with E-state index in [-0.39, 0.29) is 23.5 Å². The maximum absolute atomic E-state index is 12.3. The van der Waals surface area contributed by atoms with Crippen LogP contribution in [0.25, 0.3) is 10.8 Å². The third kappa shape index (κ3) is 4.89. The number of hydrogen-bond donors (Lipinski definition) is 1. The third-order valence-electron chi connectivity index (χ3n) is 4.54. The van der Waals surface area contributed by atoms with Crippen molar-refractivity contribution in [2.75, 3.05) is 12.9 Å². The second-order valence-electron chi connectivity index (χ2n) is 6.67. The molecule has 0 fully saturated rings. The summed E-state index contributed by atoms with van der Waals surface area (Å²) in [7, 11) is -3.24. The zero-order chi connectivity index (χ0) is 20.1. The summed E-state index contributed by atoms with van der Waals surface area (Å²) in [5, 5.41) is 5.10. The van der Waals surface area contributed by atoms with Gasteiger partial charge in [0.1, 0.15) is 5.75 Å². The number of sulfone groups is 1. The second-order valence-corrected chi connectivity index (χ2v) is 8.68. The summed E-state index contributed by atoms with van der Waals surface area (Å²) >= 11 is 0. The Labute approximate surface area is 165 Å². The number of rotatable bonds is 7. The van der Waals surface area contributed by atoms with E-state index < -0.39 is 9.84 Å². The smallest absolute Gasteiger partial charge is 0.258 e. The number of hydrogen-bond acceptors (Lipinski definition) is 4. The van der Waals surface area contributed by atoms with Gasteiger partial charge in [-0.2, -0.15) is 0 Å². The molecule has 1 amide bonds. The van der Waals surface area contributed by atoms with Crippen LogP contribution >= 0.6 is 0 Å². The average Bonchev–Trinajstić information content (AvgIpc) is 2.69. The van der Waals surface area contributed by atoms with Crippen LogP contribution in [0, 0.1) is 0 Å². The van der Waals surface area contributed by atoms with E-state index in [0.717, 1.165) is 16.3 Å². The molecule has 3 aromatic rings. The number of carbonyl (C=O) groups excluding carboxylic acids is 1. The van der Waals surface area contributed by atoms with Crippen LogP contribution in [0.1, 0.15) is 24.9 Å². The van der Waals surface area contributed by atoms with Crippen molar-refractivity contribution in [3.8, 4) is 5.75 Å². The van der Waals surface area contributed by atoms with Crippen LogP contribution in [0.2, 0.25) is 0 Å². The fourth-order valence-corrected chi connectivity index (χ4v) is 3.64. The summed E-state index contributed by atoms with van der Waals surface area (Å²) in [6.07, 6.45) is 1.85. The average molecular weight is 397 g/mol. The van der Waals surface area contributed by atoms with Gasteiger partial charge in [0.2, 0.25) is 0 Å². The van der Waals surface area contributed by atoms with Crippen molar-refractivity contribution in [1.29, 1.82) is 0 Å². The molecule has 0 radical (unpaired) electrons. The molecule has 6 heteroatoms. The monoisotopic (exact) mass is 397 g/mol. The lowest BCUT2D eigenvalue weighted by Gasteiger charge is -2.18. The minimum atomic E-state index is -3.24. The van der Waals surface area contributed by atoms with Gasteiger partial charge in [0, 0.05) is 6.26 Å². The molecule has 0 heterocycles. The largest absolute Gasteiger partial charge is 0.484 e. The number of amides is 1. The van der Waals surface area contributed by atoms with E-state index in [0.29, 0.717) is 12.2 Å². The molecule has 0 aliphatic carbocycles. The zero-order valence-corrected chi connectivity index (χ0v) is 16.7. The molecular weight excluding hydrogens is 374 g/mol. The first-order chi connectivity index (χ1) is 13.4. The number of nitrogens with one attached hydrogen (secondary N) is 1. The molecule has 0 saturated carbocycles. The van der Waals surface area contributed by atoms with E-state index in [2.05, 4.69) is 5.32 Å². The standard InChI is InChI=1S/C22H23NO4S/c1-3-21(17-9-12-20(13-10-17)28(2,25)26)23-22(24)15-27-19-11-8-16-6-4-5-7-18(16)14-19/h4-14,21H,3,15H2,1-2H3,(H,23,24)/t21-/m0/s1. The molecule has 5 nitrogen and oxygen atoms in total. The van der Waals surface area contributed by atoms with Gasteiger partial charge in [-0.25, -0.2) is 8.42 Å². The van der Waals surface area contributed by atoms with Crippen LogP contribution in [0.5, 0.6) is 5.75 Å². The first kappa shape index (κ1) is 19.9. The van der Waals surface area contributed by atoms with Gasteiger partial charge >= 0.3 is 0 Å². The van der Waals surface area contributed by atoms with Crippen molar-refractivity contribution in [2.45, 2.75) is 24.3 Å². The van der Waals surface area contributed by atoms with Gasteiger partial charge in [0.15, 0.2) is 16.4 Å². The summed E-state index contributed by atoms with van der Waals surface area (Å²) in [6.45, 7) is 1.87. The number of benzene rings is 3. The topological polar surface area (TPSA) is 72.5 Å². The summed E-state index contributed by atoms with van der Waals surface area (Å²) in [5.41, 5.74) is 0.856. The van der Waals surface area contributed by atoms with Crippen molar-refractivity contribution in [3.05, 3.63) is 72.3 Å². The van der Waals surface area contributed by atoms with Crippen molar-refractivity contribution in [3.63, 3.8) is 0 Å². The Morgan fingerprint density at radius 3 is 2.32 bits per heavy atom.